The Morgan fingerprint density at radius 2 is 2.40 bits per heavy atom. The maximum Gasteiger partial charge on any atom is 0.0158 e. The minimum absolute atomic E-state index is 0.590. The van der Waals surface area contributed by atoms with Crippen LogP contribution in [0.5, 0.6) is 0 Å². The summed E-state index contributed by atoms with van der Waals surface area (Å²) >= 11 is 1.45. The molecule has 58 valence electrons. The van der Waals surface area contributed by atoms with Crippen LogP contribution in [0.4, 0.5) is 0 Å². The van der Waals surface area contributed by atoms with Gasteiger partial charge in [0.1, 0.15) is 0 Å². The molecular weight excluding hydrogens is 142 g/mol. The van der Waals surface area contributed by atoms with E-state index >= 15 is 0 Å². The van der Waals surface area contributed by atoms with Gasteiger partial charge in [-0.2, -0.15) is 0 Å². The molecule has 0 N–H and O–H groups in total. The van der Waals surface area contributed by atoms with Crippen LogP contribution >= 0.6 is 11.9 Å². The Morgan fingerprint density at radius 3 is 2.80 bits per heavy atom. The van der Waals surface area contributed by atoms with Crippen LogP contribution in [0.15, 0.2) is 15.9 Å². The van der Waals surface area contributed by atoms with Crippen molar-refractivity contribution in [3.8, 4) is 0 Å². The molecule has 0 aromatic carbocycles. The van der Waals surface area contributed by atoms with Crippen molar-refractivity contribution in [2.45, 2.75) is 27.2 Å². The van der Waals surface area contributed by atoms with E-state index in [4.69, 9.17) is 0 Å². The highest BCUT2D eigenvalue weighted by Crippen LogP contribution is 2.12. The SMILES string of the molecule is C=C(C)SN=CC(C)CC. The molecule has 0 rings (SSSR count). The molecule has 0 aliphatic carbocycles. The molecule has 0 aliphatic rings. The molecule has 0 bridgehead atoms. The highest BCUT2D eigenvalue weighted by molar-refractivity contribution is 8.01. The topological polar surface area (TPSA) is 12.4 Å². The number of rotatable bonds is 4. The van der Waals surface area contributed by atoms with Crippen LogP contribution in [0.1, 0.15) is 27.2 Å². The molecule has 1 atom stereocenters. The monoisotopic (exact) mass is 157 g/mol. The van der Waals surface area contributed by atoms with Gasteiger partial charge in [0.25, 0.3) is 0 Å². The van der Waals surface area contributed by atoms with E-state index in [1.54, 1.807) is 0 Å². The predicted octanol–water partition coefficient (Wildman–Crippen LogP) is 3.29. The van der Waals surface area contributed by atoms with Crippen LogP contribution in [0, 0.1) is 5.92 Å². The van der Waals surface area contributed by atoms with Crippen LogP contribution in [0.25, 0.3) is 0 Å². The summed E-state index contributed by atoms with van der Waals surface area (Å²) in [5, 5.41) is 0. The summed E-state index contributed by atoms with van der Waals surface area (Å²) in [7, 11) is 0. The third kappa shape index (κ3) is 5.89. The van der Waals surface area contributed by atoms with Crippen molar-refractivity contribution in [1.82, 2.24) is 0 Å². The van der Waals surface area contributed by atoms with Gasteiger partial charge in [-0.1, -0.05) is 20.4 Å². The first-order valence-electron chi connectivity index (χ1n) is 3.52. The van der Waals surface area contributed by atoms with Gasteiger partial charge in [0.05, 0.1) is 0 Å². The van der Waals surface area contributed by atoms with E-state index < -0.39 is 0 Å². The van der Waals surface area contributed by atoms with Crippen LogP contribution < -0.4 is 0 Å². The second-order valence-corrected chi connectivity index (χ2v) is 3.52. The largest absolute Gasteiger partial charge is 0.224 e. The Morgan fingerprint density at radius 1 is 1.80 bits per heavy atom. The van der Waals surface area contributed by atoms with Crippen LogP contribution in [-0.2, 0) is 0 Å². The van der Waals surface area contributed by atoms with Crippen molar-refractivity contribution in [3.63, 3.8) is 0 Å². The normalized spacial score (nSPS) is 13.9. The quantitative estimate of drug-likeness (QED) is 0.450. The maximum absolute atomic E-state index is 4.13. The molecule has 10 heavy (non-hydrogen) atoms. The number of hydrogen-bond acceptors (Lipinski definition) is 2. The van der Waals surface area contributed by atoms with Gasteiger partial charge in [-0.3, -0.25) is 0 Å². The fraction of sp³-hybridized carbons (Fsp3) is 0.625. The van der Waals surface area contributed by atoms with Crippen molar-refractivity contribution < 1.29 is 0 Å². The van der Waals surface area contributed by atoms with Gasteiger partial charge < -0.3 is 0 Å². The zero-order valence-corrected chi connectivity index (χ0v) is 7.74. The molecule has 0 saturated carbocycles. The molecule has 0 amide bonds. The zero-order valence-electron chi connectivity index (χ0n) is 6.92. The van der Waals surface area contributed by atoms with Crippen LogP contribution in [-0.4, -0.2) is 6.21 Å². The lowest BCUT2D eigenvalue weighted by molar-refractivity contribution is 0.756. The average molecular weight is 157 g/mol. The van der Waals surface area contributed by atoms with E-state index in [1.807, 2.05) is 13.1 Å². The van der Waals surface area contributed by atoms with Crippen LogP contribution in [0.3, 0.4) is 0 Å². The first kappa shape index (κ1) is 9.76. The van der Waals surface area contributed by atoms with Crippen LogP contribution in [0.2, 0.25) is 0 Å². The summed E-state index contributed by atoms with van der Waals surface area (Å²) in [6, 6.07) is 0. The second-order valence-electron chi connectivity index (χ2n) is 2.43. The van der Waals surface area contributed by atoms with E-state index in [0.29, 0.717) is 5.92 Å². The summed E-state index contributed by atoms with van der Waals surface area (Å²) in [4.78, 5) is 1.04. The highest BCUT2D eigenvalue weighted by Gasteiger charge is 1.90. The molecule has 0 aromatic rings. The molecule has 1 unspecified atom stereocenters. The fourth-order valence-electron chi connectivity index (χ4n) is 0.330. The minimum Gasteiger partial charge on any atom is -0.224 e. The summed E-state index contributed by atoms with van der Waals surface area (Å²) in [5.41, 5.74) is 0. The lowest BCUT2D eigenvalue weighted by atomic mass is 10.1. The summed E-state index contributed by atoms with van der Waals surface area (Å²) in [6.07, 6.45) is 3.12. The molecule has 0 aliphatic heterocycles. The maximum atomic E-state index is 4.13. The van der Waals surface area contributed by atoms with Gasteiger partial charge >= 0.3 is 0 Å². The second kappa shape index (κ2) is 5.54. The minimum atomic E-state index is 0.590. The van der Waals surface area contributed by atoms with Gasteiger partial charge in [0.15, 0.2) is 0 Å². The first-order valence-corrected chi connectivity index (χ1v) is 4.30. The van der Waals surface area contributed by atoms with E-state index in [9.17, 15) is 0 Å². The third-order valence-corrected chi connectivity index (χ3v) is 1.71. The van der Waals surface area contributed by atoms with Crippen molar-refractivity contribution >= 4 is 18.2 Å². The average Bonchev–Trinajstić information content (AvgIpc) is 1.87. The van der Waals surface area contributed by atoms with E-state index in [0.717, 1.165) is 11.3 Å². The lowest BCUT2D eigenvalue weighted by Gasteiger charge is -1.97. The van der Waals surface area contributed by atoms with E-state index in [-0.39, 0.29) is 0 Å². The van der Waals surface area contributed by atoms with Crippen molar-refractivity contribution in [1.29, 1.82) is 0 Å². The Labute approximate surface area is 67.8 Å². The molecule has 0 fully saturated rings. The summed E-state index contributed by atoms with van der Waals surface area (Å²) in [5.74, 6) is 0.590. The Bertz CT molecular complexity index is 129. The highest BCUT2D eigenvalue weighted by atomic mass is 32.2. The van der Waals surface area contributed by atoms with Crippen molar-refractivity contribution in [2.24, 2.45) is 10.3 Å². The van der Waals surface area contributed by atoms with Gasteiger partial charge in [-0.15, -0.1) is 0 Å². The zero-order chi connectivity index (χ0) is 7.98. The molecular formula is C8H15NS. The fourth-order valence-corrected chi connectivity index (χ4v) is 0.778. The first-order chi connectivity index (χ1) is 4.66. The number of allylic oxidation sites excluding steroid dienone is 1. The molecule has 0 heterocycles. The lowest BCUT2D eigenvalue weighted by Crippen LogP contribution is -1.90. The van der Waals surface area contributed by atoms with Gasteiger partial charge in [-0.25, -0.2) is 4.40 Å². The Kier molecular flexibility index (Phi) is 5.40. The van der Waals surface area contributed by atoms with Gasteiger partial charge in [0, 0.05) is 18.2 Å². The Hall–Kier alpha value is -0.240. The Balaban J connectivity index is 3.45. The third-order valence-electron chi connectivity index (χ3n) is 1.17. The molecule has 0 radical (unpaired) electrons. The molecule has 0 spiro atoms. The van der Waals surface area contributed by atoms with E-state index in [2.05, 4.69) is 24.8 Å². The molecule has 2 heteroatoms. The smallest absolute Gasteiger partial charge is 0.0158 e. The molecule has 1 nitrogen and oxygen atoms in total. The molecule has 0 saturated heterocycles. The van der Waals surface area contributed by atoms with Crippen molar-refractivity contribution in [2.75, 3.05) is 0 Å². The van der Waals surface area contributed by atoms with E-state index in [1.165, 1.54) is 11.9 Å². The van der Waals surface area contributed by atoms with Gasteiger partial charge in [0.2, 0.25) is 0 Å². The van der Waals surface area contributed by atoms with Crippen molar-refractivity contribution in [3.05, 3.63) is 11.5 Å². The number of hydrogen-bond donors (Lipinski definition) is 0. The number of nitrogens with zero attached hydrogens (tertiary/aromatic N) is 1. The predicted molar refractivity (Wildman–Crippen MR) is 50.4 cm³/mol. The van der Waals surface area contributed by atoms with Gasteiger partial charge in [-0.05, 0) is 24.2 Å². The standard InChI is InChI=1S/C8H15NS/c1-5-8(4)6-9-10-7(2)3/h6,8H,2,5H2,1,3-4H3. The summed E-state index contributed by atoms with van der Waals surface area (Å²) < 4.78 is 4.13. The summed E-state index contributed by atoms with van der Waals surface area (Å²) in [6.45, 7) is 9.99. The molecule has 0 aromatic heterocycles.